The van der Waals surface area contributed by atoms with Gasteiger partial charge < -0.3 is 9.26 Å². The molecule has 0 amide bonds. The Morgan fingerprint density at radius 2 is 1.90 bits per heavy atom. The van der Waals surface area contributed by atoms with Crippen LogP contribution in [0.2, 0.25) is 0 Å². The second-order valence-electron chi connectivity index (χ2n) is 7.77. The SMILES string of the molecule is CC1(C)[C@@H](c2ccc(S(N)(=O)=O)cc2)[C@@H]1c1noc(-c2ccc(OCCF)nc2)n1. The van der Waals surface area contributed by atoms with Crippen LogP contribution in [0, 0.1) is 5.41 Å². The highest BCUT2D eigenvalue weighted by molar-refractivity contribution is 7.89. The average molecular weight is 432 g/mol. The summed E-state index contributed by atoms with van der Waals surface area (Å²) >= 11 is 0. The van der Waals surface area contributed by atoms with Gasteiger partial charge >= 0.3 is 0 Å². The van der Waals surface area contributed by atoms with Gasteiger partial charge in [-0.2, -0.15) is 4.98 Å². The summed E-state index contributed by atoms with van der Waals surface area (Å²) in [5, 5.41) is 9.32. The van der Waals surface area contributed by atoms with Gasteiger partial charge in [-0.3, -0.25) is 0 Å². The van der Waals surface area contributed by atoms with E-state index in [9.17, 15) is 12.8 Å². The molecule has 158 valence electrons. The van der Waals surface area contributed by atoms with Crippen molar-refractivity contribution in [3.63, 3.8) is 0 Å². The Balaban J connectivity index is 1.53. The van der Waals surface area contributed by atoms with Crippen molar-refractivity contribution < 1.29 is 22.1 Å². The minimum absolute atomic E-state index is 0.0236. The molecule has 2 heterocycles. The van der Waals surface area contributed by atoms with Gasteiger partial charge in [0.15, 0.2) is 5.82 Å². The fourth-order valence-corrected chi connectivity index (χ4v) is 4.34. The molecule has 3 aromatic rings. The van der Waals surface area contributed by atoms with Gasteiger partial charge in [-0.05, 0) is 29.2 Å². The summed E-state index contributed by atoms with van der Waals surface area (Å²) in [7, 11) is -3.73. The zero-order valence-corrected chi connectivity index (χ0v) is 17.3. The van der Waals surface area contributed by atoms with E-state index in [0.717, 1.165) is 5.56 Å². The Hall–Kier alpha value is -2.85. The molecule has 1 fully saturated rings. The molecule has 0 bridgehead atoms. The Morgan fingerprint density at radius 1 is 1.17 bits per heavy atom. The number of pyridine rings is 1. The number of aromatic nitrogens is 3. The third kappa shape index (κ3) is 3.80. The van der Waals surface area contributed by atoms with E-state index in [0.29, 0.717) is 23.2 Å². The Kier molecular flexibility index (Phi) is 5.07. The second kappa shape index (κ2) is 7.44. The summed E-state index contributed by atoms with van der Waals surface area (Å²) in [4.78, 5) is 8.71. The minimum atomic E-state index is -3.73. The van der Waals surface area contributed by atoms with Crippen LogP contribution in [0.1, 0.15) is 37.1 Å². The standard InChI is InChI=1S/C20H21FN4O4S/c1-20(2)16(12-3-6-14(7-4-12)30(22,26)27)17(20)18-24-19(29-25-18)13-5-8-15(23-11-13)28-10-9-21/h3-8,11,16-17H,9-10H2,1-2H3,(H2,22,26,27)/t16-,17+/m0/s1. The maximum Gasteiger partial charge on any atom is 0.259 e. The lowest BCUT2D eigenvalue weighted by molar-refractivity contribution is 0.264. The molecule has 4 rings (SSSR count). The lowest BCUT2D eigenvalue weighted by atomic mass is 10.0. The van der Waals surface area contributed by atoms with Crippen molar-refractivity contribution >= 4 is 10.0 Å². The molecule has 1 saturated carbocycles. The van der Waals surface area contributed by atoms with Gasteiger partial charge in [-0.15, -0.1) is 0 Å². The first-order valence-electron chi connectivity index (χ1n) is 9.33. The molecule has 0 saturated heterocycles. The predicted molar refractivity (Wildman–Crippen MR) is 106 cm³/mol. The molecule has 1 aliphatic rings. The van der Waals surface area contributed by atoms with Crippen LogP contribution in [0.4, 0.5) is 4.39 Å². The van der Waals surface area contributed by atoms with E-state index < -0.39 is 16.7 Å². The van der Waals surface area contributed by atoms with E-state index in [4.69, 9.17) is 14.4 Å². The Bertz CT molecular complexity index is 1140. The molecule has 0 aliphatic heterocycles. The normalized spacial score (nSPS) is 20.1. The summed E-state index contributed by atoms with van der Waals surface area (Å²) in [5.74, 6) is 1.37. The molecule has 2 aromatic heterocycles. The molecule has 2 N–H and O–H groups in total. The molecule has 0 unspecified atom stereocenters. The zero-order chi connectivity index (χ0) is 21.5. The van der Waals surface area contributed by atoms with Crippen LogP contribution in [0.15, 0.2) is 52.0 Å². The van der Waals surface area contributed by atoms with Crippen LogP contribution in [0.25, 0.3) is 11.5 Å². The number of benzene rings is 1. The number of nitrogens with zero attached hydrogens (tertiary/aromatic N) is 3. The number of halogens is 1. The van der Waals surface area contributed by atoms with E-state index in [1.165, 1.54) is 18.3 Å². The number of hydrogen-bond donors (Lipinski definition) is 1. The molecule has 0 radical (unpaired) electrons. The van der Waals surface area contributed by atoms with Crippen molar-refractivity contribution in [2.24, 2.45) is 10.6 Å². The fourth-order valence-electron chi connectivity index (χ4n) is 3.82. The van der Waals surface area contributed by atoms with Gasteiger partial charge in [0.2, 0.25) is 15.9 Å². The van der Waals surface area contributed by atoms with E-state index >= 15 is 0 Å². The lowest BCUT2D eigenvalue weighted by Crippen LogP contribution is -2.11. The summed E-state index contributed by atoms with van der Waals surface area (Å²) in [6.45, 7) is 3.57. The molecule has 2 atom stereocenters. The maximum absolute atomic E-state index is 12.2. The average Bonchev–Trinajstić information content (AvgIpc) is 3.04. The van der Waals surface area contributed by atoms with Crippen molar-refractivity contribution in [3.05, 3.63) is 54.0 Å². The topological polar surface area (TPSA) is 121 Å². The Labute approximate surface area is 173 Å². The van der Waals surface area contributed by atoms with Crippen LogP contribution in [0.5, 0.6) is 5.88 Å². The third-order valence-corrected chi connectivity index (χ3v) is 6.35. The summed E-state index contributed by atoms with van der Waals surface area (Å²) in [6, 6.07) is 9.90. The summed E-state index contributed by atoms with van der Waals surface area (Å²) in [5.41, 5.74) is 1.50. The van der Waals surface area contributed by atoms with E-state index in [1.54, 1.807) is 24.3 Å². The summed E-state index contributed by atoms with van der Waals surface area (Å²) < 4.78 is 45.7. The first-order chi connectivity index (χ1) is 14.2. The van der Waals surface area contributed by atoms with Gasteiger partial charge in [0.05, 0.1) is 10.5 Å². The van der Waals surface area contributed by atoms with Crippen LogP contribution >= 0.6 is 0 Å². The van der Waals surface area contributed by atoms with Gasteiger partial charge in [0.1, 0.15) is 13.3 Å². The number of alkyl halides is 1. The number of primary sulfonamides is 1. The largest absolute Gasteiger partial charge is 0.475 e. The number of hydrogen-bond acceptors (Lipinski definition) is 7. The van der Waals surface area contributed by atoms with E-state index in [1.807, 2.05) is 0 Å². The van der Waals surface area contributed by atoms with Crippen LogP contribution in [-0.2, 0) is 10.0 Å². The number of nitrogens with two attached hydrogens (primary N) is 1. The van der Waals surface area contributed by atoms with Crippen LogP contribution in [-0.4, -0.2) is 36.8 Å². The number of sulfonamides is 1. The minimum Gasteiger partial charge on any atom is -0.475 e. The quantitative estimate of drug-likeness (QED) is 0.609. The molecule has 0 spiro atoms. The molecular formula is C20H21FN4O4S. The molecular weight excluding hydrogens is 411 g/mol. The molecule has 10 heteroatoms. The molecule has 30 heavy (non-hydrogen) atoms. The smallest absolute Gasteiger partial charge is 0.259 e. The van der Waals surface area contributed by atoms with Crippen molar-refractivity contribution in [1.82, 2.24) is 15.1 Å². The highest BCUT2D eigenvalue weighted by Crippen LogP contribution is 2.69. The van der Waals surface area contributed by atoms with Gasteiger partial charge in [-0.25, -0.2) is 22.9 Å². The first kappa shape index (κ1) is 20.4. The molecule has 1 aliphatic carbocycles. The molecule has 8 nitrogen and oxygen atoms in total. The van der Waals surface area contributed by atoms with Crippen LogP contribution in [0.3, 0.4) is 0 Å². The van der Waals surface area contributed by atoms with Crippen molar-refractivity contribution in [2.45, 2.75) is 30.6 Å². The Morgan fingerprint density at radius 3 is 2.50 bits per heavy atom. The highest BCUT2D eigenvalue weighted by Gasteiger charge is 2.61. The number of rotatable bonds is 7. The van der Waals surface area contributed by atoms with E-state index in [-0.39, 0.29) is 28.8 Å². The van der Waals surface area contributed by atoms with Crippen molar-refractivity contribution in [1.29, 1.82) is 0 Å². The maximum atomic E-state index is 12.2. The predicted octanol–water partition coefficient (Wildman–Crippen LogP) is 3.03. The lowest BCUT2D eigenvalue weighted by Gasteiger charge is -2.04. The third-order valence-electron chi connectivity index (χ3n) is 5.43. The second-order valence-corrected chi connectivity index (χ2v) is 9.33. The van der Waals surface area contributed by atoms with Crippen molar-refractivity contribution in [2.75, 3.05) is 13.3 Å². The van der Waals surface area contributed by atoms with Gasteiger partial charge in [-0.1, -0.05) is 31.1 Å². The molecule has 1 aromatic carbocycles. The first-order valence-corrected chi connectivity index (χ1v) is 10.9. The van der Waals surface area contributed by atoms with Crippen molar-refractivity contribution in [3.8, 4) is 17.3 Å². The fraction of sp³-hybridized carbons (Fsp3) is 0.350. The monoisotopic (exact) mass is 432 g/mol. The summed E-state index contributed by atoms with van der Waals surface area (Å²) in [6.07, 6.45) is 1.53. The highest BCUT2D eigenvalue weighted by atomic mass is 32.2. The van der Waals surface area contributed by atoms with Crippen LogP contribution < -0.4 is 9.88 Å². The van der Waals surface area contributed by atoms with E-state index in [2.05, 4.69) is 29.0 Å². The zero-order valence-electron chi connectivity index (χ0n) is 16.4. The van der Waals surface area contributed by atoms with Gasteiger partial charge in [0.25, 0.3) is 5.89 Å². The number of ether oxygens (including phenoxy) is 1. The van der Waals surface area contributed by atoms with Gasteiger partial charge in [0, 0.05) is 24.1 Å².